The molecule has 160 valence electrons. The van der Waals surface area contributed by atoms with Crippen LogP contribution in [0.5, 0.6) is 5.75 Å². The number of halogens is 2. The minimum absolute atomic E-state index is 0. The van der Waals surface area contributed by atoms with Crippen molar-refractivity contribution in [2.45, 2.75) is 19.1 Å². The van der Waals surface area contributed by atoms with Gasteiger partial charge >= 0.3 is 0 Å². The molecule has 0 saturated carbocycles. The molecule has 3 aromatic carbocycles. The molecule has 0 aromatic heterocycles. The van der Waals surface area contributed by atoms with Crippen molar-refractivity contribution >= 4 is 28.9 Å². The Morgan fingerprint density at radius 3 is 2.80 bits per heavy atom. The van der Waals surface area contributed by atoms with Gasteiger partial charge in [0.1, 0.15) is 0 Å². The molecular weight excluding hydrogens is 403 g/mol. The van der Waals surface area contributed by atoms with Crippen molar-refractivity contribution in [3.05, 3.63) is 72.0 Å². The molecule has 4 nitrogen and oxygen atoms in total. The van der Waals surface area contributed by atoms with Crippen LogP contribution in [0.3, 0.4) is 0 Å². The van der Waals surface area contributed by atoms with Gasteiger partial charge in [0.2, 0.25) is 0 Å². The lowest BCUT2D eigenvalue weighted by molar-refractivity contribution is 0.0394. The molecule has 30 heavy (non-hydrogen) atoms. The molecule has 1 aliphatic rings. The molecule has 1 fully saturated rings. The summed E-state index contributed by atoms with van der Waals surface area (Å²) in [5.41, 5.74) is 2.25. The number of nitrogens with one attached hydrogen (secondary N) is 1. The summed E-state index contributed by atoms with van der Waals surface area (Å²) in [5.74, 6) is -0.0696. The predicted octanol–water partition coefficient (Wildman–Crippen LogP) is 4.97. The van der Waals surface area contributed by atoms with Crippen molar-refractivity contribution in [1.82, 2.24) is 5.32 Å². The molecule has 0 bridgehead atoms. The van der Waals surface area contributed by atoms with Crippen molar-refractivity contribution in [3.63, 3.8) is 0 Å². The minimum Gasteiger partial charge on any atom is -0.494 e. The first kappa shape index (κ1) is 22.3. The number of hydrogen-bond acceptors (Lipinski definition) is 4. The van der Waals surface area contributed by atoms with Crippen molar-refractivity contribution < 1.29 is 13.9 Å². The van der Waals surface area contributed by atoms with Crippen LogP contribution in [0.25, 0.3) is 10.8 Å². The Hall–Kier alpha value is -2.34. The highest BCUT2D eigenvalue weighted by atomic mass is 35.5. The van der Waals surface area contributed by atoms with Crippen LogP contribution in [-0.2, 0) is 4.74 Å². The molecule has 1 unspecified atom stereocenters. The first-order valence-corrected chi connectivity index (χ1v) is 10.1. The van der Waals surface area contributed by atoms with Gasteiger partial charge in [-0.05, 0) is 35.4 Å². The average Bonchev–Trinajstić information content (AvgIpc) is 2.77. The number of benzene rings is 3. The third-order valence-electron chi connectivity index (χ3n) is 5.58. The van der Waals surface area contributed by atoms with Gasteiger partial charge in [-0.1, -0.05) is 42.5 Å². The van der Waals surface area contributed by atoms with Crippen molar-refractivity contribution in [2.75, 3.05) is 38.3 Å². The van der Waals surface area contributed by atoms with Gasteiger partial charge in [0, 0.05) is 37.4 Å². The maximum absolute atomic E-state index is 13.7. The molecule has 1 heterocycles. The third-order valence-corrected chi connectivity index (χ3v) is 5.58. The number of methoxy groups -OCH3 is 1. The van der Waals surface area contributed by atoms with Gasteiger partial charge in [-0.25, -0.2) is 4.39 Å². The summed E-state index contributed by atoms with van der Waals surface area (Å²) in [6.07, 6.45) is 0.0669. The van der Waals surface area contributed by atoms with E-state index in [0.29, 0.717) is 6.61 Å². The van der Waals surface area contributed by atoms with E-state index in [1.165, 1.54) is 29.5 Å². The molecular formula is C24H28ClFN2O2. The van der Waals surface area contributed by atoms with E-state index in [4.69, 9.17) is 9.47 Å². The summed E-state index contributed by atoms with van der Waals surface area (Å²) in [4.78, 5) is 2.22. The largest absolute Gasteiger partial charge is 0.494 e. The number of hydrogen-bond donors (Lipinski definition) is 1. The van der Waals surface area contributed by atoms with E-state index in [9.17, 15) is 4.39 Å². The highest BCUT2D eigenvalue weighted by molar-refractivity contribution is 5.86. The van der Waals surface area contributed by atoms with E-state index in [1.54, 1.807) is 12.1 Å². The molecule has 0 amide bonds. The maximum Gasteiger partial charge on any atom is 0.165 e. The lowest BCUT2D eigenvalue weighted by Gasteiger charge is -2.35. The zero-order valence-electron chi connectivity index (χ0n) is 17.3. The standard InChI is InChI=1S/C24H27FN2O2.ClH/c1-17(21-9-5-7-18-6-3-4-8-22(18)21)26-15-20-16-27(12-13-29-20)19-10-11-23(25)24(14-19)28-2;/h3-11,14,17,20,26H,12-13,15-16H2,1-2H3;1H/t17-,20?;/m1./s1. The van der Waals surface area contributed by atoms with Crippen LogP contribution in [0.4, 0.5) is 10.1 Å². The van der Waals surface area contributed by atoms with Crippen LogP contribution in [0, 0.1) is 5.82 Å². The van der Waals surface area contributed by atoms with Gasteiger partial charge in [-0.15, -0.1) is 12.4 Å². The van der Waals surface area contributed by atoms with Crippen LogP contribution < -0.4 is 15.0 Å². The molecule has 1 saturated heterocycles. The maximum atomic E-state index is 13.7. The minimum atomic E-state index is -0.341. The van der Waals surface area contributed by atoms with E-state index in [2.05, 4.69) is 59.6 Å². The monoisotopic (exact) mass is 430 g/mol. The fraction of sp³-hybridized carbons (Fsp3) is 0.333. The topological polar surface area (TPSA) is 33.7 Å². The number of anilines is 1. The zero-order valence-corrected chi connectivity index (χ0v) is 18.1. The quantitative estimate of drug-likeness (QED) is 0.599. The molecule has 3 aromatic rings. The Kier molecular flexibility index (Phi) is 7.53. The van der Waals surface area contributed by atoms with E-state index >= 15 is 0 Å². The van der Waals surface area contributed by atoms with Gasteiger partial charge in [0.15, 0.2) is 11.6 Å². The van der Waals surface area contributed by atoms with E-state index in [0.717, 1.165) is 25.3 Å². The smallest absolute Gasteiger partial charge is 0.165 e. The molecule has 1 N–H and O–H groups in total. The molecule has 2 atom stereocenters. The van der Waals surface area contributed by atoms with Crippen LogP contribution in [0.2, 0.25) is 0 Å². The number of rotatable bonds is 6. The summed E-state index contributed by atoms with van der Waals surface area (Å²) in [7, 11) is 1.49. The van der Waals surface area contributed by atoms with Crippen molar-refractivity contribution in [2.24, 2.45) is 0 Å². The Bertz CT molecular complexity index is 979. The number of nitrogens with zero attached hydrogens (tertiary/aromatic N) is 1. The Morgan fingerprint density at radius 2 is 1.97 bits per heavy atom. The van der Waals surface area contributed by atoms with Gasteiger partial charge in [-0.3, -0.25) is 0 Å². The second kappa shape index (κ2) is 10.1. The summed E-state index contributed by atoms with van der Waals surface area (Å²) < 4.78 is 24.8. The number of fused-ring (bicyclic) bond motifs is 1. The van der Waals surface area contributed by atoms with Crippen LogP contribution in [-0.4, -0.2) is 39.5 Å². The SMILES string of the molecule is COc1cc(N2CCOC(CN[C@H](C)c3cccc4ccccc34)C2)ccc1F.Cl. The van der Waals surface area contributed by atoms with E-state index in [-0.39, 0.29) is 36.1 Å². The summed E-state index contributed by atoms with van der Waals surface area (Å²) in [6, 6.07) is 20.1. The van der Waals surface area contributed by atoms with Gasteiger partial charge < -0.3 is 19.7 Å². The lowest BCUT2D eigenvalue weighted by atomic mass is 9.99. The van der Waals surface area contributed by atoms with Crippen LogP contribution in [0.1, 0.15) is 18.5 Å². The Balaban J connectivity index is 0.00000256. The summed E-state index contributed by atoms with van der Waals surface area (Å²) in [5, 5.41) is 6.16. The average molecular weight is 431 g/mol. The zero-order chi connectivity index (χ0) is 20.2. The Morgan fingerprint density at radius 1 is 1.17 bits per heavy atom. The van der Waals surface area contributed by atoms with E-state index in [1.807, 2.05) is 0 Å². The highest BCUT2D eigenvalue weighted by Gasteiger charge is 2.22. The molecule has 1 aliphatic heterocycles. The van der Waals surface area contributed by atoms with E-state index < -0.39 is 0 Å². The summed E-state index contributed by atoms with van der Waals surface area (Å²) in [6.45, 7) is 5.12. The third kappa shape index (κ3) is 4.86. The van der Waals surface area contributed by atoms with Crippen molar-refractivity contribution in [3.8, 4) is 5.75 Å². The second-order valence-corrected chi connectivity index (χ2v) is 7.46. The fourth-order valence-corrected chi connectivity index (χ4v) is 3.97. The molecule has 0 radical (unpaired) electrons. The molecule has 0 spiro atoms. The number of morpholine rings is 1. The predicted molar refractivity (Wildman–Crippen MR) is 123 cm³/mol. The van der Waals surface area contributed by atoms with Crippen molar-refractivity contribution in [1.29, 1.82) is 0 Å². The first-order chi connectivity index (χ1) is 14.2. The second-order valence-electron chi connectivity index (χ2n) is 7.46. The van der Waals surface area contributed by atoms with Crippen LogP contribution >= 0.6 is 12.4 Å². The highest BCUT2D eigenvalue weighted by Crippen LogP contribution is 2.27. The van der Waals surface area contributed by atoms with Gasteiger partial charge in [0.25, 0.3) is 0 Å². The Labute approximate surface area is 183 Å². The lowest BCUT2D eigenvalue weighted by Crippen LogP contribution is -2.47. The normalized spacial score (nSPS) is 17.4. The van der Waals surface area contributed by atoms with Gasteiger partial charge in [0.05, 0.1) is 19.8 Å². The molecule has 0 aliphatic carbocycles. The molecule has 6 heteroatoms. The fourth-order valence-electron chi connectivity index (χ4n) is 3.97. The van der Waals surface area contributed by atoms with Gasteiger partial charge in [-0.2, -0.15) is 0 Å². The summed E-state index contributed by atoms with van der Waals surface area (Å²) >= 11 is 0. The number of ether oxygens (including phenoxy) is 2. The van der Waals surface area contributed by atoms with Crippen LogP contribution in [0.15, 0.2) is 60.7 Å². The molecule has 4 rings (SSSR count). The first-order valence-electron chi connectivity index (χ1n) is 10.1.